The zero-order valence-electron chi connectivity index (χ0n) is 14.5. The first-order valence-corrected chi connectivity index (χ1v) is 10.6. The highest BCUT2D eigenvalue weighted by atomic mass is 32.2. The molecule has 0 bridgehead atoms. The first-order valence-electron chi connectivity index (χ1n) is 8.31. The molecule has 1 fully saturated rings. The van der Waals surface area contributed by atoms with Gasteiger partial charge < -0.3 is 15.4 Å². The van der Waals surface area contributed by atoms with Crippen molar-refractivity contribution in [1.29, 1.82) is 0 Å². The number of ether oxygens (including phenoxy) is 1. The summed E-state index contributed by atoms with van der Waals surface area (Å²) in [4.78, 5) is 2.38. The lowest BCUT2D eigenvalue weighted by molar-refractivity contribution is 0.0385. The summed E-state index contributed by atoms with van der Waals surface area (Å²) in [7, 11) is -3.88. The van der Waals surface area contributed by atoms with E-state index in [2.05, 4.69) is 22.3 Å². The van der Waals surface area contributed by atoms with Gasteiger partial charge in [-0.2, -0.15) is 8.42 Å². The summed E-state index contributed by atoms with van der Waals surface area (Å²) in [5.41, 5.74) is 6.52. The third kappa shape index (κ3) is 3.96. The minimum Gasteiger partial charge on any atom is -0.377 e. The Balaban J connectivity index is 2.00. The minimum absolute atomic E-state index is 0.0903. The van der Waals surface area contributed by atoms with Crippen molar-refractivity contribution in [3.05, 3.63) is 36.4 Å². The smallest absolute Gasteiger partial charge is 0.284 e. The van der Waals surface area contributed by atoms with Crippen LogP contribution < -0.4 is 15.8 Å². The number of nitrogens with zero attached hydrogens (tertiary/aromatic N) is 2. The molecule has 1 atom stereocenters. The maximum absolute atomic E-state index is 12.4. The quantitative estimate of drug-likeness (QED) is 0.464. The van der Waals surface area contributed by atoms with E-state index in [-0.39, 0.29) is 16.2 Å². The van der Waals surface area contributed by atoms with Crippen LogP contribution in [-0.4, -0.2) is 39.4 Å². The molecule has 1 heterocycles. The number of anilines is 1. The number of hydrogen-bond donors (Lipinski definition) is 2. The standard InChI is InChI=1S/C17H22N4O3S2/c1-2-13-11-21(8-9-24-13)16-5-3-4-12-10-14(6-7-15(12)16)26(22,23)20-17(18)25-19/h3-7,10,13H,2,8-9,11,19H2,1H3,(H2,18,20). The summed E-state index contributed by atoms with van der Waals surface area (Å²) in [5.74, 6) is 0. The third-order valence-corrected chi connectivity index (χ3v) is 6.13. The highest BCUT2D eigenvalue weighted by molar-refractivity contribution is 8.12. The lowest BCUT2D eigenvalue weighted by Crippen LogP contribution is -2.42. The molecule has 4 N–H and O–H groups in total. The monoisotopic (exact) mass is 394 g/mol. The second-order valence-corrected chi connectivity index (χ2v) is 8.29. The molecule has 0 saturated carbocycles. The molecule has 0 amide bonds. The van der Waals surface area contributed by atoms with Crippen LogP contribution in [0.3, 0.4) is 0 Å². The van der Waals surface area contributed by atoms with E-state index in [4.69, 9.17) is 15.6 Å². The summed E-state index contributed by atoms with van der Waals surface area (Å²) in [6.07, 6.45) is 1.17. The van der Waals surface area contributed by atoms with Gasteiger partial charge in [-0.3, -0.25) is 5.14 Å². The van der Waals surface area contributed by atoms with Crippen molar-refractivity contribution in [3.63, 3.8) is 0 Å². The molecule has 1 saturated heterocycles. The molecule has 3 rings (SSSR count). The van der Waals surface area contributed by atoms with Crippen LogP contribution in [-0.2, 0) is 14.8 Å². The van der Waals surface area contributed by atoms with Crippen LogP contribution in [0.25, 0.3) is 10.8 Å². The fraction of sp³-hybridized carbons (Fsp3) is 0.353. The van der Waals surface area contributed by atoms with Gasteiger partial charge in [0.25, 0.3) is 10.0 Å². The topological polar surface area (TPSA) is 111 Å². The number of fused-ring (bicyclic) bond motifs is 1. The van der Waals surface area contributed by atoms with Crippen molar-refractivity contribution >= 4 is 43.6 Å². The molecule has 0 spiro atoms. The van der Waals surface area contributed by atoms with Crippen LogP contribution >= 0.6 is 11.9 Å². The van der Waals surface area contributed by atoms with Crippen molar-refractivity contribution in [2.24, 2.45) is 15.3 Å². The molecule has 9 heteroatoms. The van der Waals surface area contributed by atoms with Gasteiger partial charge in [0.05, 0.1) is 17.6 Å². The molecule has 2 aromatic carbocycles. The van der Waals surface area contributed by atoms with Crippen molar-refractivity contribution < 1.29 is 13.2 Å². The Hall–Kier alpha value is -1.81. The molecule has 0 aromatic heterocycles. The highest BCUT2D eigenvalue weighted by Gasteiger charge is 2.21. The largest absolute Gasteiger partial charge is 0.377 e. The molecule has 2 aromatic rings. The van der Waals surface area contributed by atoms with Crippen LogP contribution in [0.2, 0.25) is 0 Å². The zero-order valence-corrected chi connectivity index (χ0v) is 16.1. The fourth-order valence-corrected chi connectivity index (χ4v) is 4.38. The molecule has 26 heavy (non-hydrogen) atoms. The maximum atomic E-state index is 12.4. The maximum Gasteiger partial charge on any atom is 0.284 e. The van der Waals surface area contributed by atoms with Crippen LogP contribution in [0.1, 0.15) is 13.3 Å². The third-order valence-electron chi connectivity index (χ3n) is 4.39. The lowest BCUT2D eigenvalue weighted by atomic mass is 10.1. The Kier molecular flexibility index (Phi) is 5.71. The normalized spacial score (nSPS) is 19.1. The van der Waals surface area contributed by atoms with E-state index in [1.54, 1.807) is 12.1 Å². The Bertz CT molecular complexity index is 931. The van der Waals surface area contributed by atoms with E-state index in [9.17, 15) is 8.42 Å². The number of nitrogens with two attached hydrogens (primary N) is 2. The van der Waals surface area contributed by atoms with Crippen molar-refractivity contribution in [2.75, 3.05) is 24.6 Å². The first kappa shape index (κ1) is 19.0. The van der Waals surface area contributed by atoms with Gasteiger partial charge in [0.15, 0.2) is 5.17 Å². The summed E-state index contributed by atoms with van der Waals surface area (Å²) in [6.45, 7) is 4.43. The predicted molar refractivity (Wildman–Crippen MR) is 107 cm³/mol. The molecule has 0 aliphatic carbocycles. The second-order valence-electron chi connectivity index (χ2n) is 6.03. The Morgan fingerprint density at radius 1 is 1.38 bits per heavy atom. The summed E-state index contributed by atoms with van der Waals surface area (Å²) >= 11 is 0.604. The van der Waals surface area contributed by atoms with E-state index in [1.165, 1.54) is 0 Å². The molecule has 1 unspecified atom stereocenters. The van der Waals surface area contributed by atoms with Crippen LogP contribution in [0.15, 0.2) is 45.7 Å². The van der Waals surface area contributed by atoms with E-state index in [0.29, 0.717) is 18.6 Å². The average molecular weight is 395 g/mol. The minimum atomic E-state index is -3.88. The van der Waals surface area contributed by atoms with Gasteiger partial charge in [0, 0.05) is 24.2 Å². The van der Waals surface area contributed by atoms with Gasteiger partial charge in [-0.1, -0.05) is 25.1 Å². The van der Waals surface area contributed by atoms with Crippen molar-refractivity contribution in [1.82, 2.24) is 0 Å². The van der Waals surface area contributed by atoms with Crippen LogP contribution in [0.4, 0.5) is 5.69 Å². The Labute approximate surface area is 157 Å². The molecular formula is C17H22N4O3S2. The summed E-state index contributed by atoms with van der Waals surface area (Å²) in [5, 5.41) is 6.88. The van der Waals surface area contributed by atoms with Gasteiger partial charge in [0.2, 0.25) is 0 Å². The van der Waals surface area contributed by atoms with E-state index < -0.39 is 10.0 Å². The zero-order chi connectivity index (χ0) is 18.7. The molecule has 7 nitrogen and oxygen atoms in total. The Morgan fingerprint density at radius 3 is 2.92 bits per heavy atom. The van der Waals surface area contributed by atoms with Crippen molar-refractivity contribution in [3.8, 4) is 0 Å². The molecular weight excluding hydrogens is 372 g/mol. The van der Waals surface area contributed by atoms with Gasteiger partial charge in [-0.25, -0.2) is 0 Å². The van der Waals surface area contributed by atoms with E-state index in [1.807, 2.05) is 18.2 Å². The van der Waals surface area contributed by atoms with Crippen LogP contribution in [0.5, 0.6) is 0 Å². The number of morpholine rings is 1. The second kappa shape index (κ2) is 7.83. The number of benzene rings is 2. The predicted octanol–water partition coefficient (Wildman–Crippen LogP) is 2.07. The number of hydrogen-bond acceptors (Lipinski definition) is 6. The summed E-state index contributed by atoms with van der Waals surface area (Å²) in [6, 6.07) is 10.9. The SMILES string of the molecule is CCC1CN(c2cccc3cc(S(=O)(=O)N=C(N)SN)ccc23)CCO1. The molecule has 1 aliphatic rings. The average Bonchev–Trinajstić information content (AvgIpc) is 2.66. The van der Waals surface area contributed by atoms with Gasteiger partial charge in [-0.05, 0) is 42.0 Å². The van der Waals surface area contributed by atoms with Gasteiger partial charge >= 0.3 is 0 Å². The van der Waals surface area contributed by atoms with Gasteiger partial charge in [0.1, 0.15) is 0 Å². The number of rotatable bonds is 4. The summed E-state index contributed by atoms with van der Waals surface area (Å²) < 4.78 is 34.0. The Morgan fingerprint density at radius 2 is 2.19 bits per heavy atom. The first-order chi connectivity index (χ1) is 12.4. The van der Waals surface area contributed by atoms with Crippen molar-refractivity contribution in [2.45, 2.75) is 24.3 Å². The van der Waals surface area contributed by atoms with E-state index >= 15 is 0 Å². The molecule has 1 aliphatic heterocycles. The lowest BCUT2D eigenvalue weighted by Gasteiger charge is -2.34. The van der Waals surface area contributed by atoms with E-state index in [0.717, 1.165) is 36.0 Å². The van der Waals surface area contributed by atoms with Crippen LogP contribution in [0, 0.1) is 0 Å². The van der Waals surface area contributed by atoms with Gasteiger partial charge in [-0.15, -0.1) is 4.40 Å². The molecule has 0 radical (unpaired) electrons. The number of sulfonamides is 1. The fourth-order valence-electron chi connectivity index (χ4n) is 3.06. The highest BCUT2D eigenvalue weighted by Crippen LogP contribution is 2.30. The number of amidine groups is 1. The molecule has 140 valence electrons.